The Bertz CT molecular complexity index is 1130. The molecule has 1 N–H and O–H groups in total. The first-order valence-corrected chi connectivity index (χ1v) is 13.0. The van der Waals surface area contributed by atoms with E-state index in [0.29, 0.717) is 5.69 Å². The number of carbonyl (C=O) groups is 2. The highest BCUT2D eigenvalue weighted by Crippen LogP contribution is 2.31. The lowest BCUT2D eigenvalue weighted by Gasteiger charge is -2.26. The second kappa shape index (κ2) is 12.0. The van der Waals surface area contributed by atoms with Gasteiger partial charge < -0.3 is 14.8 Å². The summed E-state index contributed by atoms with van der Waals surface area (Å²) >= 11 is 12.2. The highest BCUT2D eigenvalue weighted by molar-refractivity contribution is 7.89. The van der Waals surface area contributed by atoms with E-state index in [1.165, 1.54) is 15.9 Å². The van der Waals surface area contributed by atoms with Gasteiger partial charge in [-0.3, -0.25) is 4.79 Å². The summed E-state index contributed by atoms with van der Waals surface area (Å²) in [6, 6.07) is 9.67. The van der Waals surface area contributed by atoms with Crippen LogP contribution in [0.2, 0.25) is 10.0 Å². The number of esters is 1. The lowest BCUT2D eigenvalue weighted by molar-refractivity contribution is -0.119. The highest BCUT2D eigenvalue weighted by Gasteiger charge is 2.30. The molecule has 34 heavy (non-hydrogen) atoms. The third-order valence-corrected chi connectivity index (χ3v) is 7.90. The molecular weight excluding hydrogens is 503 g/mol. The molecule has 184 valence electrons. The number of halogens is 2. The number of amides is 1. The third-order valence-electron chi connectivity index (χ3n) is 5.22. The average molecular weight is 529 g/mol. The predicted molar refractivity (Wildman–Crippen MR) is 130 cm³/mol. The summed E-state index contributed by atoms with van der Waals surface area (Å²) in [4.78, 5) is 24.5. The van der Waals surface area contributed by atoms with Crippen molar-refractivity contribution in [3.63, 3.8) is 0 Å². The van der Waals surface area contributed by atoms with Gasteiger partial charge >= 0.3 is 5.97 Å². The van der Waals surface area contributed by atoms with Crippen LogP contribution < -0.4 is 5.32 Å². The monoisotopic (exact) mass is 528 g/mol. The van der Waals surface area contributed by atoms with Crippen LogP contribution in [0.1, 0.15) is 35.7 Å². The summed E-state index contributed by atoms with van der Waals surface area (Å²) in [6.45, 7) is 2.41. The summed E-state index contributed by atoms with van der Waals surface area (Å²) < 4.78 is 37.4. The number of nitrogens with zero attached hydrogens (tertiary/aromatic N) is 1. The summed E-state index contributed by atoms with van der Waals surface area (Å²) in [5, 5.41) is 2.45. The van der Waals surface area contributed by atoms with E-state index in [0.717, 1.165) is 25.3 Å². The number of morpholine rings is 1. The Balaban J connectivity index is 1.65. The molecule has 0 saturated carbocycles. The van der Waals surface area contributed by atoms with Crippen LogP contribution in [0, 0.1) is 0 Å². The lowest BCUT2D eigenvalue weighted by atomic mass is 10.1. The van der Waals surface area contributed by atoms with Crippen molar-refractivity contribution in [3.8, 4) is 0 Å². The van der Waals surface area contributed by atoms with Gasteiger partial charge in [-0.25, -0.2) is 13.2 Å². The molecule has 0 unspecified atom stereocenters. The molecule has 8 nitrogen and oxygen atoms in total. The van der Waals surface area contributed by atoms with Gasteiger partial charge in [0.1, 0.15) is 4.90 Å². The first kappa shape index (κ1) is 26.4. The summed E-state index contributed by atoms with van der Waals surface area (Å²) in [5.74, 6) is -1.48. The predicted octanol–water partition coefficient (Wildman–Crippen LogP) is 4.15. The molecule has 1 aliphatic heterocycles. The first-order valence-electron chi connectivity index (χ1n) is 10.8. The summed E-state index contributed by atoms with van der Waals surface area (Å²) in [6.07, 6.45) is 3.15. The zero-order valence-electron chi connectivity index (χ0n) is 18.7. The molecule has 0 atom stereocenters. The molecule has 1 fully saturated rings. The van der Waals surface area contributed by atoms with Gasteiger partial charge in [0.05, 0.1) is 28.8 Å². The molecule has 1 saturated heterocycles. The van der Waals surface area contributed by atoms with Crippen LogP contribution >= 0.6 is 23.2 Å². The Morgan fingerprint density at radius 2 is 1.76 bits per heavy atom. The number of hydrogen-bond acceptors (Lipinski definition) is 6. The number of aryl methyl sites for hydroxylation is 1. The lowest BCUT2D eigenvalue weighted by Crippen LogP contribution is -2.40. The zero-order valence-corrected chi connectivity index (χ0v) is 21.0. The Morgan fingerprint density at radius 3 is 2.41 bits per heavy atom. The third kappa shape index (κ3) is 6.70. The van der Waals surface area contributed by atoms with Gasteiger partial charge in [0, 0.05) is 18.8 Å². The number of unbranched alkanes of at least 4 members (excludes halogenated alkanes) is 1. The van der Waals surface area contributed by atoms with Gasteiger partial charge in [0.15, 0.2) is 6.61 Å². The molecule has 2 aromatic carbocycles. The van der Waals surface area contributed by atoms with Crippen molar-refractivity contribution >= 4 is 50.8 Å². The van der Waals surface area contributed by atoms with E-state index in [2.05, 4.69) is 12.2 Å². The van der Waals surface area contributed by atoms with Crippen molar-refractivity contribution in [2.45, 2.75) is 31.1 Å². The molecule has 0 radical (unpaired) electrons. The van der Waals surface area contributed by atoms with Crippen LogP contribution in [0.25, 0.3) is 0 Å². The molecule has 11 heteroatoms. The maximum Gasteiger partial charge on any atom is 0.340 e. The van der Waals surface area contributed by atoms with E-state index in [1.54, 1.807) is 12.1 Å². The van der Waals surface area contributed by atoms with Gasteiger partial charge in [-0.05, 0) is 42.7 Å². The van der Waals surface area contributed by atoms with Gasteiger partial charge in [-0.2, -0.15) is 4.31 Å². The van der Waals surface area contributed by atoms with E-state index in [9.17, 15) is 18.0 Å². The van der Waals surface area contributed by atoms with E-state index >= 15 is 0 Å². The van der Waals surface area contributed by atoms with Crippen molar-refractivity contribution in [2.75, 3.05) is 38.2 Å². The molecule has 1 aliphatic rings. The van der Waals surface area contributed by atoms with Gasteiger partial charge in [-0.15, -0.1) is 0 Å². The van der Waals surface area contributed by atoms with Gasteiger partial charge in [0.2, 0.25) is 10.0 Å². The van der Waals surface area contributed by atoms with Crippen LogP contribution in [0.5, 0.6) is 0 Å². The van der Waals surface area contributed by atoms with Crippen molar-refractivity contribution in [2.24, 2.45) is 0 Å². The van der Waals surface area contributed by atoms with Crippen LogP contribution in [0.4, 0.5) is 5.69 Å². The van der Waals surface area contributed by atoms with Crippen molar-refractivity contribution in [3.05, 3.63) is 57.6 Å². The Labute approximate surface area is 209 Å². The number of nitrogens with one attached hydrogen (secondary N) is 1. The second-order valence-corrected chi connectivity index (χ2v) is 10.4. The van der Waals surface area contributed by atoms with E-state index in [-0.39, 0.29) is 46.8 Å². The molecule has 2 aromatic rings. The van der Waals surface area contributed by atoms with Gasteiger partial charge in [0.25, 0.3) is 5.91 Å². The number of ether oxygens (including phenoxy) is 2. The van der Waals surface area contributed by atoms with Gasteiger partial charge in [-0.1, -0.05) is 48.7 Å². The van der Waals surface area contributed by atoms with E-state index in [1.807, 2.05) is 12.1 Å². The minimum Gasteiger partial charge on any atom is -0.452 e. The number of hydrogen-bond donors (Lipinski definition) is 1. The van der Waals surface area contributed by atoms with Crippen LogP contribution in [0.3, 0.4) is 0 Å². The molecular formula is C23H26Cl2N2O6S. The molecule has 1 heterocycles. The first-order chi connectivity index (χ1) is 16.2. The number of rotatable bonds is 9. The van der Waals surface area contributed by atoms with Crippen LogP contribution in [-0.4, -0.2) is 57.5 Å². The van der Waals surface area contributed by atoms with Crippen LogP contribution in [0.15, 0.2) is 41.3 Å². The van der Waals surface area contributed by atoms with Crippen molar-refractivity contribution in [1.82, 2.24) is 4.31 Å². The van der Waals surface area contributed by atoms with Crippen molar-refractivity contribution < 1.29 is 27.5 Å². The fourth-order valence-corrected chi connectivity index (χ4v) is 5.58. The fraction of sp³-hybridized carbons (Fsp3) is 0.391. The Morgan fingerprint density at radius 1 is 1.09 bits per heavy atom. The normalized spacial score (nSPS) is 14.6. The van der Waals surface area contributed by atoms with E-state index < -0.39 is 28.5 Å². The Kier molecular flexibility index (Phi) is 9.32. The Hall–Kier alpha value is -2.17. The molecule has 0 spiro atoms. The zero-order chi connectivity index (χ0) is 24.7. The van der Waals surface area contributed by atoms with E-state index in [4.69, 9.17) is 32.7 Å². The number of sulfonamides is 1. The summed E-state index contributed by atoms with van der Waals surface area (Å²) in [5.41, 5.74) is 1.54. The average Bonchev–Trinajstić information content (AvgIpc) is 2.82. The summed E-state index contributed by atoms with van der Waals surface area (Å²) in [7, 11) is -3.97. The fourth-order valence-electron chi connectivity index (χ4n) is 3.35. The number of anilines is 1. The molecule has 1 amide bonds. The smallest absolute Gasteiger partial charge is 0.340 e. The van der Waals surface area contributed by atoms with Crippen LogP contribution in [-0.2, 0) is 30.7 Å². The highest BCUT2D eigenvalue weighted by atomic mass is 35.5. The van der Waals surface area contributed by atoms with Crippen molar-refractivity contribution in [1.29, 1.82) is 0 Å². The molecule has 3 rings (SSSR count). The molecule has 0 bridgehead atoms. The molecule has 0 aromatic heterocycles. The number of carbonyl (C=O) groups excluding carboxylic acids is 2. The maximum absolute atomic E-state index is 13.0. The largest absolute Gasteiger partial charge is 0.452 e. The maximum atomic E-state index is 13.0. The minimum atomic E-state index is -3.97. The molecule has 0 aliphatic carbocycles. The minimum absolute atomic E-state index is 0.0843. The standard InChI is InChI=1S/C23H26Cl2N2O6S/c1-2-3-4-16-5-7-17(8-6-16)26-22(28)15-33-23(29)18-13-21(20(25)14-19(18)24)34(30,31)27-9-11-32-12-10-27/h5-8,13-14H,2-4,9-12,15H2,1H3,(H,26,28). The number of benzene rings is 2. The SMILES string of the molecule is CCCCc1ccc(NC(=O)COC(=O)c2cc(S(=O)(=O)N3CCOCC3)c(Cl)cc2Cl)cc1. The quantitative estimate of drug-likeness (QED) is 0.490. The second-order valence-electron chi connectivity index (χ2n) is 7.70. The topological polar surface area (TPSA) is 102 Å².